The van der Waals surface area contributed by atoms with Crippen LogP contribution >= 0.6 is 0 Å². The average molecular weight is 184 g/mol. The normalized spacial score (nSPS) is 18.8. The number of furan rings is 1. The third-order valence-corrected chi connectivity index (χ3v) is 1.58. The van der Waals surface area contributed by atoms with E-state index in [1.54, 1.807) is 12.1 Å². The van der Waals surface area contributed by atoms with Crippen molar-refractivity contribution in [1.29, 1.82) is 0 Å². The molecule has 1 fully saturated rings. The topological polar surface area (TPSA) is 57.9 Å². The average Bonchev–Trinajstić information content (AvgIpc) is 2.71. The summed E-state index contributed by atoms with van der Waals surface area (Å²) >= 11 is 0. The molecule has 0 bridgehead atoms. The van der Waals surface area contributed by atoms with Crippen LogP contribution in [0.25, 0.3) is 0 Å². The molecule has 0 spiro atoms. The van der Waals surface area contributed by atoms with Gasteiger partial charge in [0.15, 0.2) is 19.3 Å². The van der Waals surface area contributed by atoms with Gasteiger partial charge in [-0.15, -0.1) is 0 Å². The second kappa shape index (κ2) is 3.69. The number of rotatable bonds is 2. The summed E-state index contributed by atoms with van der Waals surface area (Å²) in [7, 11) is 0. The highest BCUT2D eigenvalue weighted by Gasteiger charge is 2.26. The molecule has 2 rings (SSSR count). The molecule has 5 nitrogen and oxygen atoms in total. The molecule has 1 aliphatic rings. The van der Waals surface area contributed by atoms with Gasteiger partial charge in [0, 0.05) is 0 Å². The molecule has 0 radical (unpaired) electrons. The van der Waals surface area contributed by atoms with E-state index in [1.807, 2.05) is 0 Å². The summed E-state index contributed by atoms with van der Waals surface area (Å²) in [6, 6.07) is 3.19. The minimum absolute atomic E-state index is 0.0666. The van der Waals surface area contributed by atoms with Crippen molar-refractivity contribution in [3.8, 4) is 0 Å². The Kier molecular flexibility index (Phi) is 2.40. The van der Waals surface area contributed by atoms with E-state index < -0.39 is 6.29 Å². The van der Waals surface area contributed by atoms with Crippen LogP contribution in [-0.4, -0.2) is 25.7 Å². The first-order valence-corrected chi connectivity index (χ1v) is 3.76. The molecule has 1 aromatic heterocycles. The van der Waals surface area contributed by atoms with Gasteiger partial charge in [0.2, 0.25) is 6.29 Å². The number of Topliss-reactive ketones (excluding diaryl/α,β-unsaturated/α-hetero) is 1. The van der Waals surface area contributed by atoms with E-state index in [1.165, 1.54) is 6.26 Å². The van der Waals surface area contributed by atoms with Crippen LogP contribution in [0.3, 0.4) is 0 Å². The van der Waals surface area contributed by atoms with Crippen molar-refractivity contribution in [2.45, 2.75) is 6.29 Å². The number of carbonyl (C=O) groups excluding carboxylic acids is 1. The van der Waals surface area contributed by atoms with E-state index in [4.69, 9.17) is 18.6 Å². The maximum Gasteiger partial charge on any atom is 0.253 e. The summed E-state index contributed by atoms with van der Waals surface area (Å²) in [5.74, 6) is -0.0970. The third-order valence-electron chi connectivity index (χ3n) is 1.58. The largest absolute Gasteiger partial charge is 0.461 e. The van der Waals surface area contributed by atoms with Crippen LogP contribution < -0.4 is 0 Å². The molecule has 70 valence electrons. The molecule has 1 aromatic rings. The van der Waals surface area contributed by atoms with Gasteiger partial charge in [-0.3, -0.25) is 4.79 Å². The smallest absolute Gasteiger partial charge is 0.253 e. The Morgan fingerprint density at radius 1 is 1.38 bits per heavy atom. The van der Waals surface area contributed by atoms with Crippen molar-refractivity contribution in [1.82, 2.24) is 0 Å². The van der Waals surface area contributed by atoms with E-state index in [0.717, 1.165) is 0 Å². The van der Waals surface area contributed by atoms with Gasteiger partial charge in [-0.25, -0.2) is 0 Å². The molecule has 13 heavy (non-hydrogen) atoms. The van der Waals surface area contributed by atoms with Crippen LogP contribution in [0, 0.1) is 0 Å². The zero-order valence-electron chi connectivity index (χ0n) is 6.76. The van der Waals surface area contributed by atoms with Crippen molar-refractivity contribution < 1.29 is 23.4 Å². The molecule has 1 saturated heterocycles. The second-order valence-electron chi connectivity index (χ2n) is 2.45. The molecule has 0 atom stereocenters. The minimum atomic E-state index is -0.903. The number of ether oxygens (including phenoxy) is 3. The quantitative estimate of drug-likeness (QED) is 0.635. The highest BCUT2D eigenvalue weighted by molar-refractivity contribution is 5.96. The van der Waals surface area contributed by atoms with Crippen LogP contribution in [-0.2, 0) is 14.2 Å². The Morgan fingerprint density at radius 3 is 2.77 bits per heavy atom. The maximum atomic E-state index is 11.5. The predicted octanol–water partition coefficient (Wildman–Crippen LogP) is 0.767. The summed E-state index contributed by atoms with van der Waals surface area (Å²) < 4.78 is 19.5. The Hall–Kier alpha value is -1.17. The van der Waals surface area contributed by atoms with Crippen molar-refractivity contribution in [2.24, 2.45) is 0 Å². The van der Waals surface area contributed by atoms with Crippen molar-refractivity contribution in [3.63, 3.8) is 0 Å². The number of carbonyl (C=O) groups is 1. The highest BCUT2D eigenvalue weighted by atomic mass is 16.8. The monoisotopic (exact) mass is 184 g/mol. The lowest BCUT2D eigenvalue weighted by Gasteiger charge is -2.20. The molecule has 0 unspecified atom stereocenters. The van der Waals surface area contributed by atoms with Gasteiger partial charge < -0.3 is 18.6 Å². The number of ketones is 1. The van der Waals surface area contributed by atoms with Gasteiger partial charge in [0.25, 0.3) is 5.78 Å². The fourth-order valence-corrected chi connectivity index (χ4v) is 0.988. The molecular weight excluding hydrogens is 176 g/mol. The van der Waals surface area contributed by atoms with Gasteiger partial charge >= 0.3 is 0 Å². The molecule has 0 aromatic carbocycles. The summed E-state index contributed by atoms with van der Waals surface area (Å²) in [6.07, 6.45) is 0.520. The lowest BCUT2D eigenvalue weighted by molar-refractivity contribution is -0.278. The minimum Gasteiger partial charge on any atom is -0.461 e. The van der Waals surface area contributed by atoms with Crippen LogP contribution in [0.4, 0.5) is 0 Å². The van der Waals surface area contributed by atoms with Crippen LogP contribution in [0.2, 0.25) is 0 Å². The molecular formula is C8H8O5. The zero-order chi connectivity index (χ0) is 9.10. The van der Waals surface area contributed by atoms with E-state index in [2.05, 4.69) is 0 Å². The van der Waals surface area contributed by atoms with Gasteiger partial charge in [-0.05, 0) is 12.1 Å². The Balaban J connectivity index is 2.04. The fourth-order valence-electron chi connectivity index (χ4n) is 0.988. The maximum absolute atomic E-state index is 11.5. The summed E-state index contributed by atoms with van der Waals surface area (Å²) in [4.78, 5) is 11.5. The van der Waals surface area contributed by atoms with Gasteiger partial charge in [-0.2, -0.15) is 0 Å². The van der Waals surface area contributed by atoms with Crippen LogP contribution in [0.1, 0.15) is 10.6 Å². The molecule has 0 saturated carbocycles. The van der Waals surface area contributed by atoms with E-state index in [-0.39, 0.29) is 25.1 Å². The Morgan fingerprint density at radius 2 is 2.15 bits per heavy atom. The summed E-state index contributed by atoms with van der Waals surface area (Å²) in [5, 5.41) is 0. The lowest BCUT2D eigenvalue weighted by Crippen LogP contribution is -2.33. The SMILES string of the molecule is O=C(c1ccco1)C1OCOCO1. The van der Waals surface area contributed by atoms with Crippen LogP contribution in [0.15, 0.2) is 22.8 Å². The first-order chi connectivity index (χ1) is 6.38. The second-order valence-corrected chi connectivity index (χ2v) is 2.45. The summed E-state index contributed by atoms with van der Waals surface area (Å²) in [5.41, 5.74) is 0. The van der Waals surface area contributed by atoms with E-state index in [9.17, 15) is 4.79 Å². The number of hydrogen-bond donors (Lipinski definition) is 0. The molecule has 0 amide bonds. The third kappa shape index (κ3) is 1.77. The van der Waals surface area contributed by atoms with Crippen molar-refractivity contribution >= 4 is 5.78 Å². The molecule has 1 aliphatic heterocycles. The number of hydrogen-bond acceptors (Lipinski definition) is 5. The van der Waals surface area contributed by atoms with Gasteiger partial charge in [0.05, 0.1) is 6.26 Å². The fraction of sp³-hybridized carbons (Fsp3) is 0.375. The van der Waals surface area contributed by atoms with Crippen molar-refractivity contribution in [2.75, 3.05) is 13.6 Å². The zero-order valence-corrected chi connectivity index (χ0v) is 6.76. The van der Waals surface area contributed by atoms with Gasteiger partial charge in [0.1, 0.15) is 0 Å². The van der Waals surface area contributed by atoms with E-state index in [0.29, 0.717) is 0 Å². The molecule has 2 heterocycles. The lowest BCUT2D eigenvalue weighted by atomic mass is 10.3. The Labute approximate surface area is 74.2 Å². The first-order valence-electron chi connectivity index (χ1n) is 3.76. The predicted molar refractivity (Wildman–Crippen MR) is 39.8 cm³/mol. The summed E-state index contributed by atoms with van der Waals surface area (Å²) in [6.45, 7) is 0.133. The first kappa shape index (κ1) is 8.43. The standard InChI is InChI=1S/C8H8O5/c9-7(6-2-1-3-11-6)8-12-4-10-5-13-8/h1-3,8H,4-5H2. The van der Waals surface area contributed by atoms with Crippen molar-refractivity contribution in [3.05, 3.63) is 24.2 Å². The molecule has 5 heteroatoms. The molecule has 0 N–H and O–H groups in total. The molecule has 0 aliphatic carbocycles. The highest BCUT2D eigenvalue weighted by Crippen LogP contribution is 2.11. The van der Waals surface area contributed by atoms with Crippen LogP contribution in [0.5, 0.6) is 0 Å². The Bertz CT molecular complexity index is 273. The van der Waals surface area contributed by atoms with Gasteiger partial charge in [-0.1, -0.05) is 0 Å². The van der Waals surface area contributed by atoms with E-state index >= 15 is 0 Å².